The van der Waals surface area contributed by atoms with E-state index in [1.807, 2.05) is 47.5 Å². The maximum atomic E-state index is 12.3. The van der Waals surface area contributed by atoms with Crippen LogP contribution in [-0.4, -0.2) is 10.9 Å². The van der Waals surface area contributed by atoms with Crippen LogP contribution in [0.1, 0.15) is 27.7 Å². The molecule has 4 heteroatoms. The molecule has 2 heterocycles. The smallest absolute Gasteiger partial charge is 0.266 e. The molecule has 2 aliphatic heterocycles. The van der Waals surface area contributed by atoms with E-state index < -0.39 is 0 Å². The number of nitrogens with zero attached hydrogens (tertiary/aromatic N) is 1. The molecule has 0 saturated heterocycles. The molecule has 0 saturated carbocycles. The van der Waals surface area contributed by atoms with Crippen molar-refractivity contribution in [2.75, 3.05) is 0 Å². The van der Waals surface area contributed by atoms with Gasteiger partial charge in [0, 0.05) is 16.7 Å². The van der Waals surface area contributed by atoms with Gasteiger partial charge in [0.05, 0.1) is 6.54 Å². The third kappa shape index (κ3) is 1.79. The average Bonchev–Trinajstić information content (AvgIpc) is 2.61. The van der Waals surface area contributed by atoms with Gasteiger partial charge in [-0.1, -0.05) is 48.5 Å². The first kappa shape index (κ1) is 12.7. The van der Waals surface area contributed by atoms with E-state index in [9.17, 15) is 4.79 Å². The number of benzene rings is 3. The fourth-order valence-corrected chi connectivity index (χ4v) is 3.47. The summed E-state index contributed by atoms with van der Waals surface area (Å²) in [4.78, 5) is 12.3. The van der Waals surface area contributed by atoms with Crippen molar-refractivity contribution in [1.29, 1.82) is 0 Å². The number of hydrogen-bond acceptors (Lipinski definition) is 3. The van der Waals surface area contributed by atoms with Crippen molar-refractivity contribution in [3.8, 4) is 5.75 Å². The lowest BCUT2D eigenvalue weighted by Crippen LogP contribution is -2.51. The van der Waals surface area contributed by atoms with Crippen LogP contribution in [-0.2, 0) is 6.54 Å². The van der Waals surface area contributed by atoms with E-state index in [-0.39, 0.29) is 12.1 Å². The largest absolute Gasteiger partial charge is 0.469 e. The first-order chi connectivity index (χ1) is 11.3. The number of hydrazine groups is 1. The molecule has 1 unspecified atom stereocenters. The molecule has 23 heavy (non-hydrogen) atoms. The second-order valence-electron chi connectivity index (χ2n) is 5.89. The molecule has 3 aromatic rings. The normalized spacial score (nSPS) is 19.3. The van der Waals surface area contributed by atoms with Crippen LogP contribution in [0.5, 0.6) is 5.75 Å². The Kier molecular flexibility index (Phi) is 2.52. The van der Waals surface area contributed by atoms with E-state index in [0.29, 0.717) is 12.1 Å². The number of nitrogens with one attached hydrogen (secondary N) is 1. The molecule has 1 atom stereocenters. The lowest BCUT2D eigenvalue weighted by atomic mass is 9.98. The van der Waals surface area contributed by atoms with Gasteiger partial charge in [0.2, 0.25) is 0 Å². The number of amides is 1. The SMILES string of the molecule is O=C1NN2Cc3c(ccc4ccccc34)OC2c2ccccc21. The van der Waals surface area contributed by atoms with Crippen LogP contribution in [0.2, 0.25) is 0 Å². The molecule has 1 amide bonds. The Morgan fingerprint density at radius 2 is 1.83 bits per heavy atom. The summed E-state index contributed by atoms with van der Waals surface area (Å²) in [5, 5.41) is 4.22. The Morgan fingerprint density at radius 1 is 1.00 bits per heavy atom. The van der Waals surface area contributed by atoms with Crippen molar-refractivity contribution in [2.45, 2.75) is 12.8 Å². The van der Waals surface area contributed by atoms with Gasteiger partial charge in [0.15, 0.2) is 6.23 Å². The molecule has 3 aromatic carbocycles. The zero-order valence-electron chi connectivity index (χ0n) is 12.3. The maximum Gasteiger partial charge on any atom is 0.266 e. The van der Waals surface area contributed by atoms with Gasteiger partial charge in [0.25, 0.3) is 5.91 Å². The Labute approximate surface area is 133 Å². The van der Waals surface area contributed by atoms with Crippen molar-refractivity contribution in [2.24, 2.45) is 0 Å². The van der Waals surface area contributed by atoms with Gasteiger partial charge in [-0.05, 0) is 22.9 Å². The van der Waals surface area contributed by atoms with Crippen molar-refractivity contribution in [1.82, 2.24) is 10.4 Å². The third-order valence-electron chi connectivity index (χ3n) is 4.56. The van der Waals surface area contributed by atoms with Crippen LogP contribution in [0.15, 0.2) is 60.7 Å². The monoisotopic (exact) mass is 302 g/mol. The Bertz CT molecular complexity index is 951. The highest BCUT2D eigenvalue weighted by Gasteiger charge is 2.37. The van der Waals surface area contributed by atoms with Gasteiger partial charge in [-0.15, -0.1) is 0 Å². The van der Waals surface area contributed by atoms with E-state index in [2.05, 4.69) is 23.6 Å². The van der Waals surface area contributed by atoms with Crippen LogP contribution in [0.25, 0.3) is 10.8 Å². The molecule has 0 spiro atoms. The van der Waals surface area contributed by atoms with Crippen LogP contribution in [0, 0.1) is 0 Å². The zero-order chi connectivity index (χ0) is 15.4. The number of carbonyl (C=O) groups is 1. The van der Waals surface area contributed by atoms with E-state index >= 15 is 0 Å². The van der Waals surface area contributed by atoms with Crippen molar-refractivity contribution in [3.05, 3.63) is 77.4 Å². The molecule has 0 aromatic heterocycles. The minimum absolute atomic E-state index is 0.0795. The van der Waals surface area contributed by atoms with Crippen LogP contribution < -0.4 is 10.2 Å². The minimum Gasteiger partial charge on any atom is -0.469 e. The fraction of sp³-hybridized carbons (Fsp3) is 0.105. The first-order valence-electron chi connectivity index (χ1n) is 7.65. The van der Waals surface area contributed by atoms with Crippen LogP contribution in [0.4, 0.5) is 0 Å². The maximum absolute atomic E-state index is 12.3. The van der Waals surface area contributed by atoms with E-state index in [0.717, 1.165) is 22.3 Å². The van der Waals surface area contributed by atoms with Crippen LogP contribution >= 0.6 is 0 Å². The fourth-order valence-electron chi connectivity index (χ4n) is 3.47. The highest BCUT2D eigenvalue weighted by atomic mass is 16.5. The molecule has 0 bridgehead atoms. The van der Waals surface area contributed by atoms with E-state index in [1.54, 1.807) is 0 Å². The van der Waals surface area contributed by atoms with Gasteiger partial charge >= 0.3 is 0 Å². The van der Waals surface area contributed by atoms with Gasteiger partial charge in [-0.3, -0.25) is 10.2 Å². The second kappa shape index (κ2) is 4.57. The summed E-state index contributed by atoms with van der Waals surface area (Å²) in [6.45, 7) is 0.626. The lowest BCUT2D eigenvalue weighted by molar-refractivity contribution is -0.0407. The number of hydrogen-bond donors (Lipinski definition) is 1. The topological polar surface area (TPSA) is 41.6 Å². The van der Waals surface area contributed by atoms with Gasteiger partial charge in [0.1, 0.15) is 5.75 Å². The third-order valence-corrected chi connectivity index (χ3v) is 4.56. The molecule has 0 radical (unpaired) electrons. The number of fused-ring (bicyclic) bond motifs is 6. The molecule has 5 rings (SSSR count). The molecule has 1 N–H and O–H groups in total. The molecule has 2 aliphatic rings. The summed E-state index contributed by atoms with van der Waals surface area (Å²) < 4.78 is 6.23. The summed E-state index contributed by atoms with van der Waals surface area (Å²) in [5.41, 5.74) is 5.65. The highest BCUT2D eigenvalue weighted by Crippen LogP contribution is 2.40. The van der Waals surface area contributed by atoms with Crippen molar-refractivity contribution in [3.63, 3.8) is 0 Å². The summed E-state index contributed by atoms with van der Waals surface area (Å²) >= 11 is 0. The van der Waals surface area contributed by atoms with Crippen LogP contribution in [0.3, 0.4) is 0 Å². The first-order valence-corrected chi connectivity index (χ1v) is 7.65. The number of ether oxygens (including phenoxy) is 1. The number of carbonyl (C=O) groups excluding carboxylic acids is 1. The van der Waals surface area contributed by atoms with E-state index in [1.165, 1.54) is 5.39 Å². The van der Waals surface area contributed by atoms with Crippen molar-refractivity contribution >= 4 is 16.7 Å². The van der Waals surface area contributed by atoms with Crippen molar-refractivity contribution < 1.29 is 9.53 Å². The predicted octanol–water partition coefficient (Wildman–Crippen LogP) is 3.39. The quantitative estimate of drug-likeness (QED) is 0.692. The molecule has 0 fully saturated rings. The van der Waals surface area contributed by atoms with Gasteiger partial charge < -0.3 is 4.74 Å². The summed E-state index contributed by atoms with van der Waals surface area (Å²) in [7, 11) is 0. The summed E-state index contributed by atoms with van der Waals surface area (Å²) in [6, 6.07) is 19.9. The standard InChI is InChI=1S/C19H14N2O2/c22-18-14-7-3-4-8-15(14)19-21(20-18)11-16-13-6-2-1-5-12(13)9-10-17(16)23-19/h1-10,19H,11H2,(H,20,22). The number of rotatable bonds is 0. The lowest BCUT2D eigenvalue weighted by Gasteiger charge is -2.40. The predicted molar refractivity (Wildman–Crippen MR) is 86.8 cm³/mol. The Morgan fingerprint density at radius 3 is 2.78 bits per heavy atom. The summed E-state index contributed by atoms with van der Waals surface area (Å²) in [6.07, 6.45) is -0.280. The van der Waals surface area contributed by atoms with E-state index in [4.69, 9.17) is 4.74 Å². The molecule has 0 aliphatic carbocycles. The molecular weight excluding hydrogens is 288 g/mol. The highest BCUT2D eigenvalue weighted by molar-refractivity contribution is 5.96. The molecule has 112 valence electrons. The summed E-state index contributed by atoms with van der Waals surface area (Å²) in [5.74, 6) is 0.806. The second-order valence-corrected chi connectivity index (χ2v) is 5.89. The van der Waals surface area contributed by atoms with Gasteiger partial charge in [-0.25, -0.2) is 0 Å². The Hall–Kier alpha value is -2.85. The average molecular weight is 302 g/mol. The Balaban J connectivity index is 1.68. The molecular formula is C19H14N2O2. The van der Waals surface area contributed by atoms with Gasteiger partial charge in [-0.2, -0.15) is 5.01 Å². The molecule has 4 nitrogen and oxygen atoms in total. The minimum atomic E-state index is -0.280. The zero-order valence-corrected chi connectivity index (χ0v) is 12.3.